The van der Waals surface area contributed by atoms with Gasteiger partial charge in [0.1, 0.15) is 10.7 Å². The molecule has 30 heavy (non-hydrogen) atoms. The predicted octanol–water partition coefficient (Wildman–Crippen LogP) is 5.42. The molecule has 1 aliphatic rings. The van der Waals surface area contributed by atoms with E-state index < -0.39 is 15.8 Å². The largest absolute Gasteiger partial charge is 0.345 e. The van der Waals surface area contributed by atoms with Gasteiger partial charge in [-0.1, -0.05) is 40.9 Å². The summed E-state index contributed by atoms with van der Waals surface area (Å²) in [4.78, 5) is 6.63. The number of rotatable bonds is 4. The van der Waals surface area contributed by atoms with E-state index in [1.54, 1.807) is 6.07 Å². The Morgan fingerprint density at radius 1 is 0.967 bits per heavy atom. The van der Waals surface area contributed by atoms with Crippen LogP contribution in [0, 0.1) is 5.82 Å². The van der Waals surface area contributed by atoms with Crippen LogP contribution in [0.4, 0.5) is 9.52 Å². The lowest BCUT2D eigenvalue weighted by Gasteiger charge is -2.33. The number of halogens is 4. The first-order valence-electron chi connectivity index (χ1n) is 8.87. The minimum atomic E-state index is -3.72. The highest BCUT2D eigenvalue weighted by Gasteiger charge is 2.31. The molecule has 11 heteroatoms. The first kappa shape index (κ1) is 21.8. The minimum absolute atomic E-state index is 0.0447. The van der Waals surface area contributed by atoms with Gasteiger partial charge in [-0.15, -0.1) is 11.3 Å². The Balaban J connectivity index is 1.47. The summed E-state index contributed by atoms with van der Waals surface area (Å²) in [6.07, 6.45) is 0. The van der Waals surface area contributed by atoms with Crippen molar-refractivity contribution in [2.75, 3.05) is 31.1 Å². The normalized spacial score (nSPS) is 15.5. The molecule has 158 valence electrons. The van der Waals surface area contributed by atoms with Crippen LogP contribution < -0.4 is 4.90 Å². The maximum Gasteiger partial charge on any atom is 0.244 e. The van der Waals surface area contributed by atoms with Crippen LogP contribution in [0.15, 0.2) is 46.7 Å². The summed E-state index contributed by atoms with van der Waals surface area (Å²) in [5.74, 6) is -0.497. The molecule has 0 N–H and O–H groups in total. The zero-order chi connectivity index (χ0) is 21.5. The number of aromatic nitrogens is 1. The van der Waals surface area contributed by atoms with Gasteiger partial charge >= 0.3 is 0 Å². The van der Waals surface area contributed by atoms with Crippen LogP contribution in [-0.4, -0.2) is 43.9 Å². The van der Waals surface area contributed by atoms with Crippen molar-refractivity contribution in [3.05, 3.63) is 62.7 Å². The maximum absolute atomic E-state index is 13.7. The molecule has 1 saturated heterocycles. The molecule has 1 aliphatic heterocycles. The van der Waals surface area contributed by atoms with Crippen LogP contribution in [0.25, 0.3) is 11.3 Å². The van der Waals surface area contributed by atoms with Gasteiger partial charge in [-0.25, -0.2) is 17.8 Å². The smallest absolute Gasteiger partial charge is 0.244 e. The van der Waals surface area contributed by atoms with Gasteiger partial charge in [0.2, 0.25) is 10.0 Å². The quantitative estimate of drug-likeness (QED) is 0.474. The van der Waals surface area contributed by atoms with Crippen LogP contribution in [0.1, 0.15) is 0 Å². The Bertz CT molecular complexity index is 1200. The molecule has 1 aromatic heterocycles. The standard InChI is InChI=1S/C19H15Cl3FN3O2S2/c20-13-2-4-18(15(22)10-13)30(27,28)26-7-5-25(6-8-26)19-24-17(11-29-19)12-1-3-14(21)16(23)9-12/h1-4,9-11H,5-8H2. The Hall–Kier alpha value is -1.42. The van der Waals surface area contributed by atoms with Crippen molar-refractivity contribution in [1.82, 2.24) is 9.29 Å². The third-order valence-corrected chi connectivity index (χ3v) is 8.55. The van der Waals surface area contributed by atoms with Crippen molar-refractivity contribution in [2.45, 2.75) is 4.90 Å². The third kappa shape index (κ3) is 4.30. The fraction of sp³-hybridized carbons (Fsp3) is 0.211. The molecule has 0 aliphatic carbocycles. The average molecular weight is 507 g/mol. The number of nitrogens with zero attached hydrogens (tertiary/aromatic N) is 3. The van der Waals surface area contributed by atoms with Gasteiger partial charge in [-0.05, 0) is 30.3 Å². The van der Waals surface area contributed by atoms with Gasteiger partial charge in [0.05, 0.1) is 15.7 Å². The molecule has 2 heterocycles. The number of piperazine rings is 1. The van der Waals surface area contributed by atoms with Crippen molar-refractivity contribution in [1.29, 1.82) is 0 Å². The lowest BCUT2D eigenvalue weighted by atomic mass is 10.2. The molecule has 5 nitrogen and oxygen atoms in total. The van der Waals surface area contributed by atoms with Gasteiger partial charge in [0.15, 0.2) is 5.13 Å². The minimum Gasteiger partial charge on any atom is -0.345 e. The van der Waals surface area contributed by atoms with Gasteiger partial charge in [0, 0.05) is 42.1 Å². The Kier molecular flexibility index (Phi) is 6.25. The van der Waals surface area contributed by atoms with Crippen molar-refractivity contribution in [2.24, 2.45) is 0 Å². The molecule has 2 aromatic carbocycles. The predicted molar refractivity (Wildman–Crippen MR) is 120 cm³/mol. The number of hydrogen-bond donors (Lipinski definition) is 0. The topological polar surface area (TPSA) is 53.5 Å². The summed E-state index contributed by atoms with van der Waals surface area (Å²) in [7, 11) is -3.72. The molecule has 4 rings (SSSR count). The van der Waals surface area contributed by atoms with Gasteiger partial charge < -0.3 is 4.90 Å². The number of hydrogen-bond acceptors (Lipinski definition) is 5. The number of anilines is 1. The first-order chi connectivity index (χ1) is 14.3. The zero-order valence-electron chi connectivity index (χ0n) is 15.4. The Labute approximate surface area is 192 Å². The molecule has 0 unspecified atom stereocenters. The molecule has 0 spiro atoms. The van der Waals surface area contributed by atoms with Crippen LogP contribution in [0.5, 0.6) is 0 Å². The molecule has 0 amide bonds. The fourth-order valence-electron chi connectivity index (χ4n) is 3.14. The fourth-order valence-corrected chi connectivity index (χ4v) is 6.32. The number of thiazole rings is 1. The summed E-state index contributed by atoms with van der Waals surface area (Å²) >= 11 is 19.1. The maximum atomic E-state index is 13.7. The second-order valence-corrected chi connectivity index (χ2v) is 10.6. The zero-order valence-corrected chi connectivity index (χ0v) is 19.3. The Morgan fingerprint density at radius 2 is 1.70 bits per heavy atom. The molecule has 0 saturated carbocycles. The molecular formula is C19H15Cl3FN3O2S2. The highest BCUT2D eigenvalue weighted by molar-refractivity contribution is 7.89. The van der Waals surface area contributed by atoms with E-state index >= 15 is 0 Å². The lowest BCUT2D eigenvalue weighted by Crippen LogP contribution is -2.48. The molecular weight excluding hydrogens is 492 g/mol. The van der Waals surface area contributed by atoms with Gasteiger partial charge in [-0.3, -0.25) is 0 Å². The average Bonchev–Trinajstić information content (AvgIpc) is 3.20. The monoisotopic (exact) mass is 505 g/mol. The second-order valence-electron chi connectivity index (χ2n) is 6.61. The highest BCUT2D eigenvalue weighted by atomic mass is 35.5. The van der Waals surface area contributed by atoms with Gasteiger partial charge in [0.25, 0.3) is 0 Å². The number of sulfonamides is 1. The van der Waals surface area contributed by atoms with Crippen LogP contribution in [0.2, 0.25) is 15.1 Å². The molecule has 1 fully saturated rings. The lowest BCUT2D eigenvalue weighted by molar-refractivity contribution is 0.385. The molecule has 0 bridgehead atoms. The van der Waals surface area contributed by atoms with Crippen molar-refractivity contribution in [3.8, 4) is 11.3 Å². The molecule has 0 atom stereocenters. The van der Waals surface area contributed by atoms with Crippen molar-refractivity contribution in [3.63, 3.8) is 0 Å². The van der Waals surface area contributed by atoms with E-state index in [0.29, 0.717) is 42.5 Å². The summed E-state index contributed by atoms with van der Waals surface area (Å²) in [5, 5.41) is 3.14. The van der Waals surface area contributed by atoms with E-state index in [4.69, 9.17) is 34.8 Å². The van der Waals surface area contributed by atoms with Crippen molar-refractivity contribution < 1.29 is 12.8 Å². The SMILES string of the molecule is O=S(=O)(c1ccc(Cl)cc1Cl)N1CCN(c2nc(-c3ccc(Cl)c(F)c3)cs2)CC1. The highest BCUT2D eigenvalue weighted by Crippen LogP contribution is 2.32. The van der Waals surface area contributed by atoms with E-state index in [9.17, 15) is 12.8 Å². The van der Waals surface area contributed by atoms with Crippen LogP contribution >= 0.6 is 46.1 Å². The summed E-state index contributed by atoms with van der Waals surface area (Å²) in [5.41, 5.74) is 1.28. The Morgan fingerprint density at radius 3 is 2.37 bits per heavy atom. The summed E-state index contributed by atoms with van der Waals surface area (Å²) in [6.45, 7) is 1.55. The van der Waals surface area contributed by atoms with E-state index in [1.165, 1.54) is 46.0 Å². The van der Waals surface area contributed by atoms with Crippen LogP contribution in [-0.2, 0) is 10.0 Å². The second kappa shape index (κ2) is 8.61. The van der Waals surface area contributed by atoms with E-state index in [-0.39, 0.29) is 14.9 Å². The van der Waals surface area contributed by atoms with E-state index in [0.717, 1.165) is 5.13 Å². The van der Waals surface area contributed by atoms with Crippen LogP contribution in [0.3, 0.4) is 0 Å². The van der Waals surface area contributed by atoms with Crippen molar-refractivity contribution >= 4 is 61.3 Å². The number of benzene rings is 2. The summed E-state index contributed by atoms with van der Waals surface area (Å²) < 4.78 is 41.0. The van der Waals surface area contributed by atoms with E-state index in [1.807, 2.05) is 10.3 Å². The summed E-state index contributed by atoms with van der Waals surface area (Å²) in [6, 6.07) is 8.91. The molecule has 3 aromatic rings. The van der Waals surface area contributed by atoms with E-state index in [2.05, 4.69) is 4.98 Å². The first-order valence-corrected chi connectivity index (χ1v) is 12.3. The van der Waals surface area contributed by atoms with Gasteiger partial charge in [-0.2, -0.15) is 4.31 Å². The third-order valence-electron chi connectivity index (χ3n) is 4.73. The molecule has 0 radical (unpaired) electrons.